The Morgan fingerprint density at radius 3 is 1.67 bits per heavy atom. The standard InChI is InChI=1S/C55H34N2/c1-2-12-34(13-3-1)39-18-9-19-40-41-20-11-25-52(49(41)33-47(39)40)56-50-23-6-5-17-43(50)48-31-37(27-29-53(48)56)35-14-8-15-36(30-35)38-26-28-44-46-22-10-21-45-42-16-4-7-24-51(42)57(55(45)46)54(44)32-38/h1-32H,33H2. The Kier molecular flexibility index (Phi) is 6.25. The van der Waals surface area contributed by atoms with Crippen molar-refractivity contribution in [1.29, 1.82) is 0 Å². The second-order valence-electron chi connectivity index (χ2n) is 15.6. The van der Waals surface area contributed by atoms with Gasteiger partial charge in [-0.05, 0) is 98.1 Å². The van der Waals surface area contributed by atoms with Crippen LogP contribution in [0, 0.1) is 0 Å². The zero-order valence-corrected chi connectivity index (χ0v) is 31.1. The molecule has 0 saturated heterocycles. The lowest BCUT2D eigenvalue weighted by molar-refractivity contribution is 1.12. The van der Waals surface area contributed by atoms with Gasteiger partial charge in [-0.2, -0.15) is 0 Å². The molecule has 9 aromatic carbocycles. The Labute approximate surface area is 329 Å². The van der Waals surface area contributed by atoms with Gasteiger partial charge in [-0.1, -0.05) is 152 Å². The fraction of sp³-hybridized carbons (Fsp3) is 0.0182. The van der Waals surface area contributed by atoms with Crippen LogP contribution in [0.25, 0.3) is 110 Å². The monoisotopic (exact) mass is 722 g/mol. The molecule has 1 aliphatic carbocycles. The van der Waals surface area contributed by atoms with Gasteiger partial charge in [-0.25, -0.2) is 0 Å². The molecule has 13 rings (SSSR count). The van der Waals surface area contributed by atoms with Crippen LogP contribution in [-0.2, 0) is 6.42 Å². The minimum Gasteiger partial charge on any atom is -0.309 e. The van der Waals surface area contributed by atoms with Crippen LogP contribution >= 0.6 is 0 Å². The van der Waals surface area contributed by atoms with Crippen molar-refractivity contribution in [2.75, 3.05) is 0 Å². The fourth-order valence-corrected chi connectivity index (χ4v) is 10.2. The number of hydrogen-bond acceptors (Lipinski definition) is 0. The summed E-state index contributed by atoms with van der Waals surface area (Å²) in [6.07, 6.45) is 0.908. The molecule has 2 heteroatoms. The molecule has 0 atom stereocenters. The summed E-state index contributed by atoms with van der Waals surface area (Å²) in [6, 6.07) is 72.0. The van der Waals surface area contributed by atoms with Crippen LogP contribution in [0.3, 0.4) is 0 Å². The summed E-state index contributed by atoms with van der Waals surface area (Å²) in [5.41, 5.74) is 20.5. The smallest absolute Gasteiger partial charge is 0.0620 e. The molecule has 0 N–H and O–H groups in total. The summed E-state index contributed by atoms with van der Waals surface area (Å²) in [7, 11) is 0. The van der Waals surface area contributed by atoms with Gasteiger partial charge in [-0.15, -0.1) is 0 Å². The quantitative estimate of drug-likeness (QED) is 0.171. The molecule has 57 heavy (non-hydrogen) atoms. The van der Waals surface area contributed by atoms with E-state index in [4.69, 9.17) is 0 Å². The van der Waals surface area contributed by atoms with Crippen LogP contribution in [0.15, 0.2) is 194 Å². The molecule has 1 aliphatic rings. The van der Waals surface area contributed by atoms with Gasteiger partial charge < -0.3 is 8.97 Å². The number of fused-ring (bicyclic) bond motifs is 12. The first-order chi connectivity index (χ1) is 28.3. The minimum absolute atomic E-state index is 0.908. The summed E-state index contributed by atoms with van der Waals surface area (Å²) in [5.74, 6) is 0. The van der Waals surface area contributed by atoms with Gasteiger partial charge in [0.05, 0.1) is 33.3 Å². The molecule has 3 aromatic heterocycles. The zero-order chi connectivity index (χ0) is 37.2. The third-order valence-electron chi connectivity index (χ3n) is 12.7. The van der Waals surface area contributed by atoms with Crippen LogP contribution in [-0.4, -0.2) is 8.97 Å². The van der Waals surface area contributed by atoms with Crippen molar-refractivity contribution in [2.45, 2.75) is 6.42 Å². The molecule has 0 spiro atoms. The molecule has 0 saturated carbocycles. The molecule has 3 heterocycles. The molecule has 264 valence electrons. The van der Waals surface area contributed by atoms with Crippen molar-refractivity contribution in [3.05, 3.63) is 205 Å². The number of para-hydroxylation sites is 3. The predicted octanol–water partition coefficient (Wildman–Crippen LogP) is 14.5. The summed E-state index contributed by atoms with van der Waals surface area (Å²) in [6.45, 7) is 0. The number of nitrogens with zero attached hydrogens (tertiary/aromatic N) is 2. The topological polar surface area (TPSA) is 9.34 Å². The van der Waals surface area contributed by atoms with E-state index in [1.54, 1.807) is 0 Å². The van der Waals surface area contributed by atoms with Crippen LogP contribution in [0.5, 0.6) is 0 Å². The van der Waals surface area contributed by atoms with Crippen molar-refractivity contribution < 1.29 is 0 Å². The molecular formula is C55H34N2. The van der Waals surface area contributed by atoms with Gasteiger partial charge >= 0.3 is 0 Å². The first-order valence-electron chi connectivity index (χ1n) is 19.9. The molecular weight excluding hydrogens is 689 g/mol. The van der Waals surface area contributed by atoms with Gasteiger partial charge in [0.15, 0.2) is 0 Å². The fourth-order valence-electron chi connectivity index (χ4n) is 10.2. The third-order valence-corrected chi connectivity index (χ3v) is 12.7. The van der Waals surface area contributed by atoms with E-state index in [0.717, 1.165) is 6.42 Å². The molecule has 0 fully saturated rings. The largest absolute Gasteiger partial charge is 0.309 e. The van der Waals surface area contributed by atoms with E-state index in [-0.39, 0.29) is 0 Å². The lowest BCUT2D eigenvalue weighted by atomic mass is 9.96. The maximum atomic E-state index is 2.50. The normalized spacial score (nSPS) is 12.5. The Morgan fingerprint density at radius 1 is 0.298 bits per heavy atom. The highest BCUT2D eigenvalue weighted by Gasteiger charge is 2.26. The Bertz CT molecular complexity index is 3600. The molecule has 0 unspecified atom stereocenters. The second-order valence-corrected chi connectivity index (χ2v) is 15.6. The Morgan fingerprint density at radius 2 is 0.842 bits per heavy atom. The van der Waals surface area contributed by atoms with Crippen LogP contribution in [0.4, 0.5) is 0 Å². The van der Waals surface area contributed by atoms with E-state index >= 15 is 0 Å². The summed E-state index contributed by atoms with van der Waals surface area (Å²) < 4.78 is 4.97. The van der Waals surface area contributed by atoms with Crippen molar-refractivity contribution in [3.8, 4) is 50.2 Å². The van der Waals surface area contributed by atoms with Crippen LogP contribution in [0.2, 0.25) is 0 Å². The number of rotatable bonds is 4. The van der Waals surface area contributed by atoms with E-state index < -0.39 is 0 Å². The zero-order valence-electron chi connectivity index (χ0n) is 31.1. The van der Waals surface area contributed by atoms with Crippen molar-refractivity contribution in [2.24, 2.45) is 0 Å². The lowest BCUT2D eigenvalue weighted by Gasteiger charge is -2.13. The number of aromatic nitrogens is 2. The van der Waals surface area contributed by atoms with Crippen molar-refractivity contribution >= 4 is 59.9 Å². The summed E-state index contributed by atoms with van der Waals surface area (Å²) in [4.78, 5) is 0. The molecule has 0 bridgehead atoms. The van der Waals surface area contributed by atoms with E-state index in [0.29, 0.717) is 0 Å². The third kappa shape index (κ3) is 4.30. The van der Waals surface area contributed by atoms with Crippen LogP contribution in [0.1, 0.15) is 11.1 Å². The summed E-state index contributed by atoms with van der Waals surface area (Å²) >= 11 is 0. The average Bonchev–Trinajstić information content (AvgIpc) is 4.02. The summed E-state index contributed by atoms with van der Waals surface area (Å²) in [5, 5.41) is 7.78. The highest BCUT2D eigenvalue weighted by Crippen LogP contribution is 2.46. The number of benzene rings is 9. The molecule has 0 radical (unpaired) electrons. The van der Waals surface area contributed by atoms with E-state index in [1.165, 1.54) is 121 Å². The van der Waals surface area contributed by atoms with E-state index in [9.17, 15) is 0 Å². The maximum absolute atomic E-state index is 2.50. The average molecular weight is 723 g/mol. The maximum Gasteiger partial charge on any atom is 0.0620 e. The molecule has 0 amide bonds. The molecule has 0 aliphatic heterocycles. The van der Waals surface area contributed by atoms with E-state index in [2.05, 4.69) is 203 Å². The van der Waals surface area contributed by atoms with Gasteiger partial charge in [0.2, 0.25) is 0 Å². The van der Waals surface area contributed by atoms with Gasteiger partial charge in [-0.3, -0.25) is 0 Å². The van der Waals surface area contributed by atoms with Gasteiger partial charge in [0.1, 0.15) is 0 Å². The SMILES string of the molecule is c1ccc(-c2cccc3c2Cc2c-3cccc2-n2c3ccccc3c3cc(-c4cccc(-c5ccc6c7cccc8c9ccccc9n(c6c5)c87)c4)ccc32)cc1. The Balaban J connectivity index is 0.937. The number of hydrogen-bond donors (Lipinski definition) is 0. The molecule has 12 aromatic rings. The molecule has 2 nitrogen and oxygen atoms in total. The van der Waals surface area contributed by atoms with Gasteiger partial charge in [0, 0.05) is 38.7 Å². The first kappa shape index (κ1) is 30.9. The van der Waals surface area contributed by atoms with Gasteiger partial charge in [0.25, 0.3) is 0 Å². The Hall–Kier alpha value is -7.42. The van der Waals surface area contributed by atoms with Crippen molar-refractivity contribution in [1.82, 2.24) is 8.97 Å². The first-order valence-corrected chi connectivity index (χ1v) is 19.9. The van der Waals surface area contributed by atoms with E-state index in [1.807, 2.05) is 0 Å². The lowest BCUT2D eigenvalue weighted by Crippen LogP contribution is -1.99. The second kappa shape index (κ2) is 11.6. The predicted molar refractivity (Wildman–Crippen MR) is 240 cm³/mol. The van der Waals surface area contributed by atoms with Crippen LogP contribution < -0.4 is 0 Å². The minimum atomic E-state index is 0.908. The highest BCUT2D eigenvalue weighted by atomic mass is 15.0. The van der Waals surface area contributed by atoms with Crippen molar-refractivity contribution in [3.63, 3.8) is 0 Å². The highest BCUT2D eigenvalue weighted by molar-refractivity contribution is 6.23.